The highest BCUT2D eigenvalue weighted by atomic mass is 16.2. The molecule has 9 heteroatoms. The normalized spacial score (nSPS) is 34.3. The molecule has 2 saturated carbocycles. The van der Waals surface area contributed by atoms with Gasteiger partial charge in [0.25, 0.3) is 0 Å². The van der Waals surface area contributed by atoms with Crippen molar-refractivity contribution in [3.63, 3.8) is 0 Å². The highest BCUT2D eigenvalue weighted by Crippen LogP contribution is 2.65. The molecule has 0 aromatic rings. The molecule has 4 fully saturated rings. The van der Waals surface area contributed by atoms with Gasteiger partial charge >= 0.3 is 0 Å². The maximum atomic E-state index is 13.8. The first kappa shape index (κ1) is 25.6. The molecule has 0 radical (unpaired) electrons. The Morgan fingerprint density at radius 2 is 1.86 bits per heavy atom. The molecule has 0 aromatic carbocycles. The van der Waals surface area contributed by atoms with Crippen LogP contribution in [0.2, 0.25) is 0 Å². The van der Waals surface area contributed by atoms with E-state index in [-0.39, 0.29) is 59.1 Å². The Bertz CT molecular complexity index is 925. The van der Waals surface area contributed by atoms with Crippen molar-refractivity contribution in [1.82, 2.24) is 20.9 Å². The van der Waals surface area contributed by atoms with Gasteiger partial charge < -0.3 is 25.6 Å². The molecule has 35 heavy (non-hydrogen) atoms. The molecule has 9 nitrogen and oxygen atoms in total. The fourth-order valence-corrected chi connectivity index (χ4v) is 6.16. The van der Waals surface area contributed by atoms with E-state index in [2.05, 4.69) is 29.8 Å². The lowest BCUT2D eigenvalue weighted by molar-refractivity contribution is -0.146. The second-order valence-electron chi connectivity index (χ2n) is 12.8. The highest BCUT2D eigenvalue weighted by Gasteiger charge is 2.69. The van der Waals surface area contributed by atoms with Gasteiger partial charge in [-0.05, 0) is 47.8 Å². The van der Waals surface area contributed by atoms with E-state index in [1.54, 1.807) is 4.90 Å². The summed E-state index contributed by atoms with van der Waals surface area (Å²) in [6, 6.07) is -2.24. The highest BCUT2D eigenvalue weighted by molar-refractivity contribution is 5.95. The van der Waals surface area contributed by atoms with Crippen LogP contribution in [-0.4, -0.2) is 66.0 Å². The molecule has 2 aliphatic carbocycles. The van der Waals surface area contributed by atoms with Crippen molar-refractivity contribution in [2.75, 3.05) is 13.1 Å². The Hall–Kier alpha value is -2.45. The fraction of sp³-hybridized carbons (Fsp3) is 0.808. The average molecular weight is 489 g/mol. The third-order valence-corrected chi connectivity index (χ3v) is 8.80. The first-order valence-corrected chi connectivity index (χ1v) is 12.9. The summed E-state index contributed by atoms with van der Waals surface area (Å²) < 4.78 is 0. The van der Waals surface area contributed by atoms with Crippen molar-refractivity contribution >= 4 is 29.9 Å². The summed E-state index contributed by atoms with van der Waals surface area (Å²) in [6.07, 6.45) is 2.39. The van der Waals surface area contributed by atoms with Crippen LogP contribution in [0.1, 0.15) is 60.8 Å². The van der Waals surface area contributed by atoms with Crippen molar-refractivity contribution < 1.29 is 24.0 Å². The van der Waals surface area contributed by atoms with E-state index in [9.17, 15) is 24.0 Å². The van der Waals surface area contributed by atoms with Gasteiger partial charge in [0.15, 0.2) is 0 Å². The van der Waals surface area contributed by atoms with Crippen molar-refractivity contribution in [2.45, 2.75) is 78.9 Å². The summed E-state index contributed by atoms with van der Waals surface area (Å²) in [5.74, 6) is -0.659. The van der Waals surface area contributed by atoms with E-state index >= 15 is 0 Å². The van der Waals surface area contributed by atoms with Crippen molar-refractivity contribution in [3.8, 4) is 0 Å². The SMILES string of the molecule is C[C@H]1CC1C(=O)NC(C(=O)N1CC2C(C1C(=O)NC(C=O)CC1CCNC1=O)C2(C)C)C(C)(C)C. The number of fused-ring (bicyclic) bond motifs is 1. The minimum atomic E-state index is -0.788. The van der Waals surface area contributed by atoms with E-state index in [1.807, 2.05) is 27.7 Å². The van der Waals surface area contributed by atoms with Crippen molar-refractivity contribution in [1.29, 1.82) is 0 Å². The van der Waals surface area contributed by atoms with Crippen LogP contribution in [0.25, 0.3) is 0 Å². The lowest BCUT2D eigenvalue weighted by Crippen LogP contribution is -2.60. The molecule has 8 atom stereocenters. The number of hydrogen-bond donors (Lipinski definition) is 3. The van der Waals surface area contributed by atoms with Crippen LogP contribution in [0.3, 0.4) is 0 Å². The lowest BCUT2D eigenvalue weighted by atomic mass is 9.85. The second-order valence-corrected chi connectivity index (χ2v) is 12.8. The van der Waals surface area contributed by atoms with Crippen LogP contribution in [0, 0.1) is 40.4 Å². The summed E-state index contributed by atoms with van der Waals surface area (Å²) in [7, 11) is 0. The Labute approximate surface area is 207 Å². The number of nitrogens with one attached hydrogen (secondary N) is 3. The fourth-order valence-electron chi connectivity index (χ4n) is 6.16. The van der Waals surface area contributed by atoms with Crippen LogP contribution < -0.4 is 16.0 Å². The predicted molar refractivity (Wildman–Crippen MR) is 129 cm³/mol. The summed E-state index contributed by atoms with van der Waals surface area (Å²) >= 11 is 0. The van der Waals surface area contributed by atoms with Crippen LogP contribution in [0.5, 0.6) is 0 Å². The summed E-state index contributed by atoms with van der Waals surface area (Å²) in [5.41, 5.74) is -0.611. The largest absolute Gasteiger partial charge is 0.356 e. The van der Waals surface area contributed by atoms with Crippen molar-refractivity contribution in [3.05, 3.63) is 0 Å². The van der Waals surface area contributed by atoms with Gasteiger partial charge in [-0.3, -0.25) is 19.2 Å². The maximum absolute atomic E-state index is 13.8. The zero-order valence-electron chi connectivity index (χ0n) is 21.7. The molecule has 0 bridgehead atoms. The molecule has 2 aliphatic heterocycles. The van der Waals surface area contributed by atoms with E-state index in [4.69, 9.17) is 0 Å². The Morgan fingerprint density at radius 3 is 2.37 bits per heavy atom. The Balaban J connectivity index is 1.50. The monoisotopic (exact) mass is 488 g/mol. The molecule has 194 valence electrons. The van der Waals surface area contributed by atoms with Gasteiger partial charge in [0.05, 0.1) is 6.04 Å². The summed E-state index contributed by atoms with van der Waals surface area (Å²) in [5, 5.41) is 8.55. The number of carbonyl (C=O) groups is 5. The molecule has 0 aromatic heterocycles. The van der Waals surface area contributed by atoms with E-state index < -0.39 is 23.5 Å². The molecule has 2 heterocycles. The first-order chi connectivity index (χ1) is 16.3. The maximum Gasteiger partial charge on any atom is 0.246 e. The van der Waals surface area contributed by atoms with Crippen LogP contribution in [0.15, 0.2) is 0 Å². The molecule has 4 amide bonds. The molecular formula is C26H40N4O5. The molecule has 2 saturated heterocycles. The number of piperidine rings is 1. The van der Waals surface area contributed by atoms with E-state index in [1.165, 1.54) is 0 Å². The van der Waals surface area contributed by atoms with Gasteiger partial charge in [-0.15, -0.1) is 0 Å². The summed E-state index contributed by atoms with van der Waals surface area (Å²) in [4.78, 5) is 65.4. The number of likely N-dealkylation sites (tertiary alicyclic amines) is 1. The lowest BCUT2D eigenvalue weighted by Gasteiger charge is -2.38. The topological polar surface area (TPSA) is 125 Å². The Morgan fingerprint density at radius 1 is 1.20 bits per heavy atom. The zero-order chi connectivity index (χ0) is 25.9. The standard InChI is InChI=1S/C26H40N4O5/c1-13-9-16(13)22(33)29-20(25(2,3)4)24(35)30-11-17-18(26(17,5)6)19(30)23(34)28-15(12-31)10-14-7-8-27-21(14)32/h12-20H,7-11H2,1-6H3,(H,27,32)(H,28,34)(H,29,33)/t13-,14?,15?,16?,17?,18?,19?,20?/m0/s1. The van der Waals surface area contributed by atoms with Gasteiger partial charge in [-0.25, -0.2) is 0 Å². The summed E-state index contributed by atoms with van der Waals surface area (Å²) in [6.45, 7) is 13.0. The predicted octanol–water partition coefficient (Wildman–Crippen LogP) is 0.866. The third kappa shape index (κ3) is 4.83. The molecule has 3 N–H and O–H groups in total. The van der Waals surface area contributed by atoms with Crippen LogP contribution >= 0.6 is 0 Å². The van der Waals surface area contributed by atoms with Gasteiger partial charge in [0.1, 0.15) is 18.4 Å². The third-order valence-electron chi connectivity index (χ3n) is 8.80. The zero-order valence-corrected chi connectivity index (χ0v) is 21.7. The molecule has 4 aliphatic rings. The van der Waals surface area contributed by atoms with Crippen LogP contribution in [-0.2, 0) is 24.0 Å². The number of rotatable bonds is 8. The molecule has 0 spiro atoms. The van der Waals surface area contributed by atoms with Gasteiger partial charge in [0.2, 0.25) is 23.6 Å². The van der Waals surface area contributed by atoms with E-state index in [0.29, 0.717) is 31.7 Å². The van der Waals surface area contributed by atoms with E-state index in [0.717, 1.165) is 6.42 Å². The minimum absolute atomic E-state index is 0.00620. The number of nitrogens with zero attached hydrogens (tertiary/aromatic N) is 1. The first-order valence-electron chi connectivity index (χ1n) is 12.9. The molecular weight excluding hydrogens is 448 g/mol. The average Bonchev–Trinajstić information content (AvgIpc) is 3.42. The minimum Gasteiger partial charge on any atom is -0.356 e. The van der Waals surface area contributed by atoms with Crippen LogP contribution in [0.4, 0.5) is 0 Å². The Kier molecular flexibility index (Phi) is 6.51. The number of carbonyl (C=O) groups excluding carboxylic acids is 5. The van der Waals surface area contributed by atoms with Gasteiger partial charge in [-0.1, -0.05) is 41.5 Å². The molecule has 4 rings (SSSR count). The second kappa shape index (κ2) is 8.89. The molecule has 7 unspecified atom stereocenters. The van der Waals surface area contributed by atoms with Crippen molar-refractivity contribution in [2.24, 2.45) is 40.4 Å². The smallest absolute Gasteiger partial charge is 0.246 e. The number of amides is 4. The van der Waals surface area contributed by atoms with Gasteiger partial charge in [0, 0.05) is 24.9 Å². The van der Waals surface area contributed by atoms with Gasteiger partial charge in [-0.2, -0.15) is 0 Å². The quantitative estimate of drug-likeness (QED) is 0.437. The number of aldehydes is 1. The number of hydrogen-bond acceptors (Lipinski definition) is 5.